The number of carbonyl (C=O) groups is 1. The van der Waals surface area contributed by atoms with E-state index in [4.69, 9.17) is 5.73 Å². The lowest BCUT2D eigenvalue weighted by Crippen LogP contribution is -2.19. The molecule has 2 aromatic rings. The van der Waals surface area contributed by atoms with Crippen molar-refractivity contribution in [3.8, 4) is 0 Å². The largest absolute Gasteiger partial charge is 0.382 e. The second kappa shape index (κ2) is 5.22. The van der Waals surface area contributed by atoms with Crippen molar-refractivity contribution in [1.29, 1.82) is 0 Å². The number of nitrogen functional groups attached to an aromatic ring is 1. The first-order valence-electron chi connectivity index (χ1n) is 5.40. The molecule has 0 atom stereocenters. The van der Waals surface area contributed by atoms with Crippen LogP contribution in [0, 0.1) is 6.92 Å². The molecule has 1 amide bonds. The highest BCUT2D eigenvalue weighted by Gasteiger charge is 2.08. The SMILES string of the molecule is Cc1cn(CC(=O)Nc2ccccc2Br)nc1N. The number of nitrogens with two attached hydrogens (primary N) is 1. The molecule has 1 heterocycles. The number of para-hydroxylation sites is 1. The van der Waals surface area contributed by atoms with Crippen LogP contribution in [0.2, 0.25) is 0 Å². The van der Waals surface area contributed by atoms with Crippen LogP contribution in [-0.2, 0) is 11.3 Å². The van der Waals surface area contributed by atoms with Crippen molar-refractivity contribution >= 4 is 33.3 Å². The van der Waals surface area contributed by atoms with E-state index in [1.54, 1.807) is 6.20 Å². The maximum atomic E-state index is 11.8. The second-order valence-corrected chi connectivity index (χ2v) is 4.78. The van der Waals surface area contributed by atoms with Crippen LogP contribution in [0.5, 0.6) is 0 Å². The molecule has 0 fully saturated rings. The van der Waals surface area contributed by atoms with Crippen molar-refractivity contribution in [1.82, 2.24) is 9.78 Å². The second-order valence-electron chi connectivity index (χ2n) is 3.92. The summed E-state index contributed by atoms with van der Waals surface area (Å²) in [6.45, 7) is 1.99. The molecular formula is C12H13BrN4O. The molecule has 0 aliphatic rings. The number of anilines is 2. The van der Waals surface area contributed by atoms with Gasteiger partial charge in [0.05, 0.1) is 5.69 Å². The summed E-state index contributed by atoms with van der Waals surface area (Å²) < 4.78 is 2.37. The molecular weight excluding hydrogens is 296 g/mol. The number of halogens is 1. The van der Waals surface area contributed by atoms with Crippen LogP contribution < -0.4 is 11.1 Å². The third-order valence-electron chi connectivity index (χ3n) is 2.44. The number of carbonyl (C=O) groups excluding carboxylic acids is 1. The molecule has 0 bridgehead atoms. The van der Waals surface area contributed by atoms with Crippen molar-refractivity contribution in [3.63, 3.8) is 0 Å². The zero-order chi connectivity index (χ0) is 13.1. The lowest BCUT2D eigenvalue weighted by Gasteiger charge is -2.06. The lowest BCUT2D eigenvalue weighted by atomic mass is 10.3. The van der Waals surface area contributed by atoms with E-state index in [-0.39, 0.29) is 12.5 Å². The van der Waals surface area contributed by atoms with E-state index in [9.17, 15) is 4.79 Å². The predicted octanol–water partition coefficient (Wildman–Crippen LogP) is 2.17. The van der Waals surface area contributed by atoms with Crippen LogP contribution in [0.3, 0.4) is 0 Å². The van der Waals surface area contributed by atoms with Gasteiger partial charge in [0, 0.05) is 16.2 Å². The summed E-state index contributed by atoms with van der Waals surface area (Å²) in [5, 5.41) is 6.84. The normalized spacial score (nSPS) is 10.3. The third kappa shape index (κ3) is 2.89. The maximum Gasteiger partial charge on any atom is 0.246 e. The first-order chi connectivity index (χ1) is 8.56. The van der Waals surface area contributed by atoms with Gasteiger partial charge in [0.25, 0.3) is 0 Å². The summed E-state index contributed by atoms with van der Waals surface area (Å²) in [5.74, 6) is 0.299. The number of nitrogens with zero attached hydrogens (tertiary/aromatic N) is 2. The third-order valence-corrected chi connectivity index (χ3v) is 3.13. The highest BCUT2D eigenvalue weighted by atomic mass is 79.9. The summed E-state index contributed by atoms with van der Waals surface area (Å²) >= 11 is 3.37. The number of aromatic nitrogens is 2. The molecule has 0 saturated heterocycles. The van der Waals surface area contributed by atoms with E-state index in [1.165, 1.54) is 4.68 Å². The Hall–Kier alpha value is -1.82. The Morgan fingerprint density at radius 1 is 1.50 bits per heavy atom. The number of rotatable bonds is 3. The summed E-state index contributed by atoms with van der Waals surface area (Å²) in [4.78, 5) is 11.8. The fourth-order valence-electron chi connectivity index (χ4n) is 1.52. The molecule has 5 nitrogen and oxygen atoms in total. The van der Waals surface area contributed by atoms with Crippen molar-refractivity contribution in [3.05, 3.63) is 40.5 Å². The van der Waals surface area contributed by atoms with E-state index in [1.807, 2.05) is 31.2 Å². The smallest absolute Gasteiger partial charge is 0.246 e. The predicted molar refractivity (Wildman–Crippen MR) is 74.1 cm³/mol. The highest BCUT2D eigenvalue weighted by molar-refractivity contribution is 9.10. The summed E-state index contributed by atoms with van der Waals surface area (Å²) in [7, 11) is 0. The van der Waals surface area contributed by atoms with Crippen LogP contribution in [-0.4, -0.2) is 15.7 Å². The summed E-state index contributed by atoms with van der Waals surface area (Å²) in [6.07, 6.45) is 1.74. The van der Waals surface area contributed by atoms with Gasteiger partial charge in [-0.25, -0.2) is 0 Å². The molecule has 0 aliphatic heterocycles. The lowest BCUT2D eigenvalue weighted by molar-refractivity contribution is -0.116. The minimum absolute atomic E-state index is 0.138. The molecule has 2 rings (SSSR count). The number of hydrogen-bond donors (Lipinski definition) is 2. The minimum Gasteiger partial charge on any atom is -0.382 e. The number of benzene rings is 1. The molecule has 0 spiro atoms. The Bertz CT molecular complexity index is 560. The van der Waals surface area contributed by atoms with E-state index >= 15 is 0 Å². The van der Waals surface area contributed by atoms with Crippen molar-refractivity contribution in [2.24, 2.45) is 0 Å². The molecule has 94 valence electrons. The Balaban J connectivity index is 2.03. The average Bonchev–Trinajstić information content (AvgIpc) is 2.61. The standard InChI is InChI=1S/C12H13BrN4O/c1-8-6-17(16-12(8)14)7-11(18)15-10-5-3-2-4-9(10)13/h2-6H,7H2,1H3,(H2,14,16)(H,15,18). The number of nitrogens with one attached hydrogen (secondary N) is 1. The van der Waals surface area contributed by atoms with Gasteiger partial charge >= 0.3 is 0 Å². The van der Waals surface area contributed by atoms with Crippen LogP contribution in [0.25, 0.3) is 0 Å². The van der Waals surface area contributed by atoms with Gasteiger partial charge in [0.2, 0.25) is 5.91 Å². The Morgan fingerprint density at radius 3 is 2.83 bits per heavy atom. The van der Waals surface area contributed by atoms with Gasteiger partial charge in [-0.1, -0.05) is 12.1 Å². The first kappa shape index (κ1) is 12.6. The zero-order valence-electron chi connectivity index (χ0n) is 9.85. The number of amides is 1. The zero-order valence-corrected chi connectivity index (χ0v) is 11.4. The summed E-state index contributed by atoms with van der Waals surface area (Å²) in [6, 6.07) is 7.43. The summed E-state index contributed by atoms with van der Waals surface area (Å²) in [5.41, 5.74) is 7.22. The first-order valence-corrected chi connectivity index (χ1v) is 6.19. The van der Waals surface area contributed by atoms with Gasteiger partial charge in [0.15, 0.2) is 0 Å². The van der Waals surface area contributed by atoms with Crippen LogP contribution in [0.4, 0.5) is 11.5 Å². The molecule has 3 N–H and O–H groups in total. The average molecular weight is 309 g/mol. The van der Waals surface area contributed by atoms with Crippen LogP contribution in [0.15, 0.2) is 34.9 Å². The van der Waals surface area contributed by atoms with Crippen LogP contribution in [0.1, 0.15) is 5.56 Å². The van der Waals surface area contributed by atoms with Crippen molar-refractivity contribution in [2.75, 3.05) is 11.1 Å². The van der Waals surface area contributed by atoms with E-state index in [0.29, 0.717) is 5.82 Å². The molecule has 1 aromatic carbocycles. The topological polar surface area (TPSA) is 72.9 Å². The molecule has 0 radical (unpaired) electrons. The highest BCUT2D eigenvalue weighted by Crippen LogP contribution is 2.21. The van der Waals surface area contributed by atoms with Crippen LogP contribution >= 0.6 is 15.9 Å². The molecule has 6 heteroatoms. The Morgan fingerprint density at radius 2 is 2.22 bits per heavy atom. The molecule has 0 aliphatic carbocycles. The number of hydrogen-bond acceptors (Lipinski definition) is 3. The van der Waals surface area contributed by atoms with E-state index in [0.717, 1.165) is 15.7 Å². The molecule has 0 unspecified atom stereocenters. The van der Waals surface area contributed by atoms with Gasteiger partial charge in [-0.05, 0) is 35.0 Å². The molecule has 18 heavy (non-hydrogen) atoms. The van der Waals surface area contributed by atoms with Gasteiger partial charge < -0.3 is 11.1 Å². The minimum atomic E-state index is -0.149. The van der Waals surface area contributed by atoms with Crippen molar-refractivity contribution in [2.45, 2.75) is 13.5 Å². The monoisotopic (exact) mass is 308 g/mol. The fraction of sp³-hybridized carbons (Fsp3) is 0.167. The maximum absolute atomic E-state index is 11.8. The number of aryl methyl sites for hydroxylation is 1. The Kier molecular flexibility index (Phi) is 3.66. The Labute approximate surface area is 113 Å². The fourth-order valence-corrected chi connectivity index (χ4v) is 1.90. The van der Waals surface area contributed by atoms with Gasteiger partial charge in [-0.2, -0.15) is 5.10 Å². The van der Waals surface area contributed by atoms with Gasteiger partial charge in [-0.3, -0.25) is 9.48 Å². The molecule has 1 aromatic heterocycles. The van der Waals surface area contributed by atoms with E-state index in [2.05, 4.69) is 26.3 Å². The molecule has 0 saturated carbocycles. The quantitative estimate of drug-likeness (QED) is 0.912. The van der Waals surface area contributed by atoms with Gasteiger partial charge in [0.1, 0.15) is 12.4 Å². The van der Waals surface area contributed by atoms with Gasteiger partial charge in [-0.15, -0.1) is 0 Å². The van der Waals surface area contributed by atoms with Crippen molar-refractivity contribution < 1.29 is 4.79 Å². The van der Waals surface area contributed by atoms with E-state index < -0.39 is 0 Å².